The first-order valence-corrected chi connectivity index (χ1v) is 4.44. The molecular formula is C9H8BrFO2. The van der Waals surface area contributed by atoms with Crippen molar-refractivity contribution in [1.29, 1.82) is 0 Å². The first-order chi connectivity index (χ1) is 6.20. The Labute approximate surface area is 83.8 Å². The van der Waals surface area contributed by atoms with Crippen LogP contribution in [0.1, 0.15) is 5.56 Å². The molecular weight excluding hydrogens is 239 g/mol. The molecule has 2 nitrogen and oxygen atoms in total. The van der Waals surface area contributed by atoms with Crippen molar-refractivity contribution in [3.63, 3.8) is 0 Å². The molecule has 0 saturated carbocycles. The predicted octanol–water partition coefficient (Wildman–Crippen LogP) is 2.34. The van der Waals surface area contributed by atoms with Crippen LogP contribution in [0.25, 0.3) is 0 Å². The first kappa shape index (κ1) is 10.2. The molecule has 0 radical (unpaired) electrons. The topological polar surface area (TPSA) is 26.3 Å². The number of rotatable bonds is 3. The summed E-state index contributed by atoms with van der Waals surface area (Å²) in [5.74, 6) is -0.0152. The van der Waals surface area contributed by atoms with Crippen LogP contribution in [0.15, 0.2) is 16.6 Å². The number of aldehydes is 1. The normalized spacial score (nSPS) is 9.77. The van der Waals surface area contributed by atoms with Gasteiger partial charge in [-0.1, -0.05) is 6.07 Å². The molecule has 13 heavy (non-hydrogen) atoms. The quantitative estimate of drug-likeness (QED) is 0.766. The minimum atomic E-state index is -0.397. The Balaban J connectivity index is 3.20. The maximum absolute atomic E-state index is 13.0. The highest BCUT2D eigenvalue weighted by Gasteiger charge is 2.10. The van der Waals surface area contributed by atoms with Crippen LogP contribution < -0.4 is 4.74 Å². The van der Waals surface area contributed by atoms with Crippen molar-refractivity contribution in [2.75, 3.05) is 7.11 Å². The number of carbonyl (C=O) groups excluding carboxylic acids is 1. The number of hydrogen-bond acceptors (Lipinski definition) is 2. The monoisotopic (exact) mass is 246 g/mol. The van der Waals surface area contributed by atoms with Crippen LogP contribution >= 0.6 is 15.9 Å². The minimum absolute atomic E-state index is 0.224. The van der Waals surface area contributed by atoms with Gasteiger partial charge in [-0.3, -0.25) is 0 Å². The second-order valence-corrected chi connectivity index (χ2v) is 3.22. The van der Waals surface area contributed by atoms with E-state index in [9.17, 15) is 9.18 Å². The molecule has 0 aliphatic rings. The Morgan fingerprint density at radius 1 is 1.62 bits per heavy atom. The number of halogens is 2. The summed E-state index contributed by atoms with van der Waals surface area (Å²) in [5.41, 5.74) is 0.672. The number of benzene rings is 1. The maximum Gasteiger partial charge on any atom is 0.141 e. The average Bonchev–Trinajstić information content (AvgIpc) is 2.12. The van der Waals surface area contributed by atoms with E-state index in [4.69, 9.17) is 4.74 Å². The van der Waals surface area contributed by atoms with E-state index in [1.807, 2.05) is 0 Å². The van der Waals surface area contributed by atoms with E-state index in [-0.39, 0.29) is 10.9 Å². The van der Waals surface area contributed by atoms with E-state index >= 15 is 0 Å². The van der Waals surface area contributed by atoms with E-state index in [0.29, 0.717) is 11.3 Å². The van der Waals surface area contributed by atoms with Gasteiger partial charge >= 0.3 is 0 Å². The molecule has 0 atom stereocenters. The van der Waals surface area contributed by atoms with Gasteiger partial charge in [0.2, 0.25) is 0 Å². The summed E-state index contributed by atoms with van der Waals surface area (Å²) in [5, 5.41) is 0. The molecule has 1 rings (SSSR count). The van der Waals surface area contributed by atoms with Crippen molar-refractivity contribution < 1.29 is 13.9 Å². The van der Waals surface area contributed by atoms with Gasteiger partial charge in [-0.2, -0.15) is 0 Å². The zero-order valence-electron chi connectivity index (χ0n) is 7.01. The SMILES string of the molecule is COc1c(CC=O)ccc(F)c1Br. The van der Waals surface area contributed by atoms with Crippen LogP contribution in [0.3, 0.4) is 0 Å². The molecule has 0 heterocycles. The number of carbonyl (C=O) groups is 1. The molecule has 0 bridgehead atoms. The Morgan fingerprint density at radius 3 is 2.85 bits per heavy atom. The van der Waals surface area contributed by atoms with Crippen LogP contribution in [-0.2, 0) is 11.2 Å². The van der Waals surface area contributed by atoms with Crippen molar-refractivity contribution in [2.24, 2.45) is 0 Å². The third-order valence-corrected chi connectivity index (χ3v) is 2.38. The minimum Gasteiger partial charge on any atom is -0.495 e. The van der Waals surface area contributed by atoms with Crippen LogP contribution in [0, 0.1) is 5.82 Å². The van der Waals surface area contributed by atoms with Crippen LogP contribution in [0.4, 0.5) is 4.39 Å². The number of methoxy groups -OCH3 is 1. The van der Waals surface area contributed by atoms with Crippen LogP contribution in [-0.4, -0.2) is 13.4 Å². The third kappa shape index (κ3) is 2.06. The van der Waals surface area contributed by atoms with Crippen LogP contribution in [0.2, 0.25) is 0 Å². The highest BCUT2D eigenvalue weighted by atomic mass is 79.9. The molecule has 0 aliphatic carbocycles. The first-order valence-electron chi connectivity index (χ1n) is 3.65. The van der Waals surface area contributed by atoms with Crippen molar-refractivity contribution in [2.45, 2.75) is 6.42 Å². The van der Waals surface area contributed by atoms with Gasteiger partial charge in [0, 0.05) is 12.0 Å². The maximum atomic E-state index is 13.0. The van der Waals surface area contributed by atoms with Crippen molar-refractivity contribution in [3.8, 4) is 5.75 Å². The summed E-state index contributed by atoms with van der Waals surface area (Å²) in [6, 6.07) is 2.83. The molecule has 0 unspecified atom stereocenters. The molecule has 1 aromatic rings. The summed E-state index contributed by atoms with van der Waals surface area (Å²) in [4.78, 5) is 10.3. The fraction of sp³-hybridized carbons (Fsp3) is 0.222. The zero-order chi connectivity index (χ0) is 9.84. The molecule has 0 fully saturated rings. The zero-order valence-corrected chi connectivity index (χ0v) is 8.60. The van der Waals surface area contributed by atoms with E-state index < -0.39 is 5.82 Å². The van der Waals surface area contributed by atoms with Gasteiger partial charge in [0.1, 0.15) is 17.9 Å². The standard InChI is InChI=1S/C9H8BrFO2/c1-13-9-6(4-5-12)2-3-7(11)8(9)10/h2-3,5H,4H2,1H3. The van der Waals surface area contributed by atoms with Crippen molar-refractivity contribution >= 4 is 22.2 Å². The summed E-state index contributed by atoms with van der Waals surface area (Å²) in [6.07, 6.45) is 0.976. The lowest BCUT2D eigenvalue weighted by atomic mass is 10.1. The largest absolute Gasteiger partial charge is 0.495 e. The van der Waals surface area contributed by atoms with E-state index in [2.05, 4.69) is 15.9 Å². The van der Waals surface area contributed by atoms with Gasteiger partial charge in [0.05, 0.1) is 11.6 Å². The summed E-state index contributed by atoms with van der Waals surface area (Å²) in [7, 11) is 1.44. The highest BCUT2D eigenvalue weighted by Crippen LogP contribution is 2.31. The van der Waals surface area contributed by atoms with E-state index in [1.165, 1.54) is 19.2 Å². The van der Waals surface area contributed by atoms with Gasteiger partial charge in [-0.05, 0) is 22.0 Å². The number of hydrogen-bond donors (Lipinski definition) is 0. The average molecular weight is 247 g/mol. The summed E-state index contributed by atoms with van der Waals surface area (Å²) in [6.45, 7) is 0. The fourth-order valence-corrected chi connectivity index (χ4v) is 1.59. The lowest BCUT2D eigenvalue weighted by Crippen LogP contribution is -1.95. The molecule has 0 amide bonds. The number of ether oxygens (including phenoxy) is 1. The third-order valence-electron chi connectivity index (χ3n) is 1.64. The lowest BCUT2D eigenvalue weighted by Gasteiger charge is -2.08. The smallest absolute Gasteiger partial charge is 0.141 e. The van der Waals surface area contributed by atoms with E-state index in [0.717, 1.165) is 6.29 Å². The second-order valence-electron chi connectivity index (χ2n) is 2.42. The van der Waals surface area contributed by atoms with Gasteiger partial charge < -0.3 is 9.53 Å². The van der Waals surface area contributed by atoms with Gasteiger partial charge in [-0.25, -0.2) is 4.39 Å². The fourth-order valence-electron chi connectivity index (χ4n) is 1.04. The van der Waals surface area contributed by atoms with Crippen LogP contribution in [0.5, 0.6) is 5.75 Å². The molecule has 0 saturated heterocycles. The molecule has 0 aromatic heterocycles. The molecule has 0 N–H and O–H groups in total. The predicted molar refractivity (Wildman–Crippen MR) is 50.4 cm³/mol. The Hall–Kier alpha value is -0.900. The highest BCUT2D eigenvalue weighted by molar-refractivity contribution is 9.10. The van der Waals surface area contributed by atoms with Gasteiger partial charge in [0.15, 0.2) is 0 Å². The Morgan fingerprint density at radius 2 is 2.31 bits per heavy atom. The van der Waals surface area contributed by atoms with Gasteiger partial charge in [0.25, 0.3) is 0 Å². The summed E-state index contributed by atoms with van der Waals surface area (Å²) < 4.78 is 18.2. The molecule has 1 aromatic carbocycles. The Kier molecular flexibility index (Phi) is 3.42. The molecule has 70 valence electrons. The molecule has 4 heteroatoms. The van der Waals surface area contributed by atoms with Crippen molar-refractivity contribution in [1.82, 2.24) is 0 Å². The summed E-state index contributed by atoms with van der Waals surface area (Å²) >= 11 is 3.05. The molecule has 0 spiro atoms. The van der Waals surface area contributed by atoms with Gasteiger partial charge in [-0.15, -0.1) is 0 Å². The lowest BCUT2D eigenvalue weighted by molar-refractivity contribution is -0.107. The molecule has 0 aliphatic heterocycles. The van der Waals surface area contributed by atoms with Crippen molar-refractivity contribution in [3.05, 3.63) is 28.0 Å². The Bertz CT molecular complexity index is 326. The second kappa shape index (κ2) is 4.37. The van der Waals surface area contributed by atoms with E-state index in [1.54, 1.807) is 0 Å².